The number of aromatic carboxylic acids is 1. The molecule has 0 aliphatic heterocycles. The normalized spacial score (nSPS) is 14.3. The van der Waals surface area contributed by atoms with E-state index in [0.29, 0.717) is 5.69 Å². The summed E-state index contributed by atoms with van der Waals surface area (Å²) < 4.78 is 1.81. The van der Waals surface area contributed by atoms with Gasteiger partial charge in [-0.1, -0.05) is 12.1 Å². The molecule has 0 radical (unpaired) electrons. The third-order valence-electron chi connectivity index (χ3n) is 3.49. The molecular formula is C13H13NO2. The molecule has 0 fully saturated rings. The number of aryl methyl sites for hydroxylation is 3. The van der Waals surface area contributed by atoms with E-state index in [1.54, 1.807) is 0 Å². The van der Waals surface area contributed by atoms with Crippen molar-refractivity contribution in [2.75, 3.05) is 0 Å². The fourth-order valence-electron chi connectivity index (χ4n) is 2.84. The smallest absolute Gasteiger partial charge is 0.352 e. The van der Waals surface area contributed by atoms with Crippen molar-refractivity contribution in [3.05, 3.63) is 35.0 Å². The second-order valence-corrected chi connectivity index (χ2v) is 4.36. The minimum Gasteiger partial charge on any atom is -0.477 e. The van der Waals surface area contributed by atoms with Gasteiger partial charge in [-0.3, -0.25) is 0 Å². The fraction of sp³-hybridized carbons (Fsp3) is 0.308. The van der Waals surface area contributed by atoms with E-state index < -0.39 is 5.97 Å². The lowest BCUT2D eigenvalue weighted by atomic mass is 9.92. The monoisotopic (exact) mass is 215 g/mol. The van der Waals surface area contributed by atoms with Gasteiger partial charge in [-0.25, -0.2) is 4.79 Å². The Hall–Kier alpha value is -1.77. The number of benzene rings is 1. The van der Waals surface area contributed by atoms with Crippen molar-refractivity contribution in [2.45, 2.75) is 19.3 Å². The zero-order valence-electron chi connectivity index (χ0n) is 9.16. The number of aromatic nitrogens is 1. The molecule has 1 aromatic heterocycles. The number of nitrogens with zero attached hydrogens (tertiary/aromatic N) is 1. The van der Waals surface area contributed by atoms with Gasteiger partial charge in [-0.2, -0.15) is 0 Å². The van der Waals surface area contributed by atoms with Gasteiger partial charge in [0, 0.05) is 18.0 Å². The third kappa shape index (κ3) is 1.06. The first-order valence-electron chi connectivity index (χ1n) is 5.52. The molecule has 0 bridgehead atoms. The average Bonchev–Trinajstić information content (AvgIpc) is 2.55. The van der Waals surface area contributed by atoms with Crippen molar-refractivity contribution >= 4 is 16.9 Å². The second-order valence-electron chi connectivity index (χ2n) is 4.36. The topological polar surface area (TPSA) is 42.2 Å². The van der Waals surface area contributed by atoms with Crippen LogP contribution < -0.4 is 0 Å². The van der Waals surface area contributed by atoms with E-state index in [9.17, 15) is 9.90 Å². The van der Waals surface area contributed by atoms with Crippen molar-refractivity contribution < 1.29 is 9.90 Å². The van der Waals surface area contributed by atoms with E-state index in [1.165, 1.54) is 10.9 Å². The minimum absolute atomic E-state index is 0.460. The maximum absolute atomic E-state index is 11.3. The largest absolute Gasteiger partial charge is 0.477 e. The van der Waals surface area contributed by atoms with Crippen molar-refractivity contribution in [1.82, 2.24) is 4.57 Å². The van der Waals surface area contributed by atoms with Crippen LogP contribution >= 0.6 is 0 Å². The molecule has 0 saturated carbocycles. The molecule has 1 aliphatic carbocycles. The summed E-state index contributed by atoms with van der Waals surface area (Å²) in [6.07, 6.45) is 3.00. The second kappa shape index (κ2) is 3.11. The molecule has 3 nitrogen and oxygen atoms in total. The Morgan fingerprint density at radius 1 is 1.38 bits per heavy atom. The molecule has 3 heteroatoms. The SMILES string of the molecule is Cn1c(C(=O)O)c2c3c(cccc31)CCC2. The molecule has 1 N–H and O–H groups in total. The summed E-state index contributed by atoms with van der Waals surface area (Å²) in [7, 11) is 1.84. The van der Waals surface area contributed by atoms with Crippen LogP contribution in [0.2, 0.25) is 0 Å². The number of hydrogen-bond acceptors (Lipinski definition) is 1. The summed E-state index contributed by atoms with van der Waals surface area (Å²) in [6, 6.07) is 6.12. The van der Waals surface area contributed by atoms with E-state index in [4.69, 9.17) is 0 Å². The van der Waals surface area contributed by atoms with Gasteiger partial charge < -0.3 is 9.67 Å². The van der Waals surface area contributed by atoms with Crippen LogP contribution in [0.1, 0.15) is 28.0 Å². The van der Waals surface area contributed by atoms with Crippen LogP contribution in [0.5, 0.6) is 0 Å². The van der Waals surface area contributed by atoms with Crippen LogP contribution in [0.4, 0.5) is 0 Å². The Labute approximate surface area is 93.3 Å². The van der Waals surface area contributed by atoms with Crippen LogP contribution in [-0.2, 0) is 19.9 Å². The lowest BCUT2D eigenvalue weighted by Gasteiger charge is -2.11. The van der Waals surface area contributed by atoms with Crippen LogP contribution in [0.3, 0.4) is 0 Å². The van der Waals surface area contributed by atoms with E-state index in [0.717, 1.165) is 30.3 Å². The highest BCUT2D eigenvalue weighted by Crippen LogP contribution is 2.33. The number of carbonyl (C=O) groups is 1. The van der Waals surface area contributed by atoms with E-state index in [2.05, 4.69) is 6.07 Å². The summed E-state index contributed by atoms with van der Waals surface area (Å²) in [6.45, 7) is 0. The first-order chi connectivity index (χ1) is 7.70. The molecule has 82 valence electrons. The quantitative estimate of drug-likeness (QED) is 0.793. The molecule has 16 heavy (non-hydrogen) atoms. The van der Waals surface area contributed by atoms with Gasteiger partial charge in [0.1, 0.15) is 5.69 Å². The first-order valence-corrected chi connectivity index (χ1v) is 5.52. The Balaban J connectivity index is 2.50. The lowest BCUT2D eigenvalue weighted by Crippen LogP contribution is -2.08. The van der Waals surface area contributed by atoms with Crippen LogP contribution in [0, 0.1) is 0 Å². The highest BCUT2D eigenvalue weighted by atomic mass is 16.4. The molecule has 0 unspecified atom stereocenters. The standard InChI is InChI=1S/C13H13NO2/c1-14-10-7-3-5-8-4-2-6-9(11(8)10)12(14)13(15)16/h3,5,7H,2,4,6H2,1H3,(H,15,16). The van der Waals surface area contributed by atoms with Gasteiger partial charge >= 0.3 is 5.97 Å². The van der Waals surface area contributed by atoms with Crippen LogP contribution in [0.25, 0.3) is 10.9 Å². The van der Waals surface area contributed by atoms with Crippen molar-refractivity contribution in [3.8, 4) is 0 Å². The Morgan fingerprint density at radius 3 is 2.94 bits per heavy atom. The number of rotatable bonds is 1. The Bertz CT molecular complexity index is 595. The van der Waals surface area contributed by atoms with Crippen molar-refractivity contribution in [2.24, 2.45) is 7.05 Å². The summed E-state index contributed by atoms with van der Waals surface area (Å²) >= 11 is 0. The molecule has 0 spiro atoms. The van der Waals surface area contributed by atoms with Crippen molar-refractivity contribution in [1.29, 1.82) is 0 Å². The maximum Gasteiger partial charge on any atom is 0.352 e. The zero-order valence-corrected chi connectivity index (χ0v) is 9.16. The predicted molar refractivity (Wildman–Crippen MR) is 61.9 cm³/mol. The van der Waals surface area contributed by atoms with Gasteiger partial charge in [-0.05, 0) is 36.5 Å². The van der Waals surface area contributed by atoms with Gasteiger partial charge in [0.05, 0.1) is 0 Å². The van der Waals surface area contributed by atoms with E-state index >= 15 is 0 Å². The molecule has 1 aliphatic rings. The highest BCUT2D eigenvalue weighted by molar-refractivity contribution is 6.00. The molecular weight excluding hydrogens is 202 g/mol. The molecule has 3 rings (SSSR count). The van der Waals surface area contributed by atoms with Gasteiger partial charge in [-0.15, -0.1) is 0 Å². The minimum atomic E-state index is -0.818. The fourth-order valence-corrected chi connectivity index (χ4v) is 2.84. The summed E-state index contributed by atoms with van der Waals surface area (Å²) in [4.78, 5) is 11.3. The molecule has 0 amide bonds. The lowest BCUT2D eigenvalue weighted by molar-refractivity contribution is 0.0685. The van der Waals surface area contributed by atoms with Crippen LogP contribution in [-0.4, -0.2) is 15.6 Å². The highest BCUT2D eigenvalue weighted by Gasteiger charge is 2.24. The van der Waals surface area contributed by atoms with Gasteiger partial charge in [0.25, 0.3) is 0 Å². The summed E-state index contributed by atoms with van der Waals surface area (Å²) in [5.74, 6) is -0.818. The summed E-state index contributed by atoms with van der Waals surface area (Å²) in [5.41, 5.74) is 3.82. The average molecular weight is 215 g/mol. The predicted octanol–water partition coefficient (Wildman–Crippen LogP) is 2.37. The number of carboxylic acids is 1. The Morgan fingerprint density at radius 2 is 2.19 bits per heavy atom. The number of carboxylic acid groups (broad SMARTS) is 1. The molecule has 0 saturated heterocycles. The molecule has 0 atom stereocenters. The van der Waals surface area contributed by atoms with Crippen LogP contribution in [0.15, 0.2) is 18.2 Å². The Kier molecular flexibility index (Phi) is 1.84. The van der Waals surface area contributed by atoms with E-state index in [-0.39, 0.29) is 0 Å². The van der Waals surface area contributed by atoms with Crippen molar-refractivity contribution in [3.63, 3.8) is 0 Å². The van der Waals surface area contributed by atoms with E-state index in [1.807, 2.05) is 23.7 Å². The molecule has 1 heterocycles. The number of hydrogen-bond donors (Lipinski definition) is 1. The summed E-state index contributed by atoms with van der Waals surface area (Å²) in [5, 5.41) is 10.4. The first kappa shape index (κ1) is 9.46. The zero-order chi connectivity index (χ0) is 11.3. The maximum atomic E-state index is 11.3. The van der Waals surface area contributed by atoms with Gasteiger partial charge in [0.2, 0.25) is 0 Å². The molecule has 1 aromatic carbocycles. The third-order valence-corrected chi connectivity index (χ3v) is 3.49. The van der Waals surface area contributed by atoms with Gasteiger partial charge in [0.15, 0.2) is 0 Å². The molecule has 2 aromatic rings.